The van der Waals surface area contributed by atoms with Crippen molar-refractivity contribution in [1.29, 1.82) is 0 Å². The minimum Gasteiger partial charge on any atom is -0.494 e. The molecule has 0 radical (unpaired) electrons. The van der Waals surface area contributed by atoms with Crippen molar-refractivity contribution in [3.8, 4) is 5.75 Å². The van der Waals surface area contributed by atoms with E-state index in [0.29, 0.717) is 30.0 Å². The molecular weight excluding hydrogens is 400 g/mol. The standard InChI is InChI=1S/C27H28N2O3/c1-2-3-18-32-24-15-12-21(13-16-24)26(30)28-23-14-11-20-10-7-17-29(25(20)19-23)27(31)22-8-5-4-6-9-22/h4-6,8-9,11-16,19H,2-3,7,10,17-18H2,1H3,(H,28,30). The van der Waals surface area contributed by atoms with E-state index in [4.69, 9.17) is 4.74 Å². The molecule has 0 atom stereocenters. The van der Waals surface area contributed by atoms with E-state index in [0.717, 1.165) is 42.7 Å². The van der Waals surface area contributed by atoms with Crippen molar-refractivity contribution < 1.29 is 14.3 Å². The van der Waals surface area contributed by atoms with E-state index in [1.54, 1.807) is 12.1 Å². The van der Waals surface area contributed by atoms with Gasteiger partial charge in [0.25, 0.3) is 11.8 Å². The van der Waals surface area contributed by atoms with Crippen LogP contribution in [0.25, 0.3) is 0 Å². The van der Waals surface area contributed by atoms with Crippen LogP contribution in [0.2, 0.25) is 0 Å². The molecule has 0 bridgehead atoms. The van der Waals surface area contributed by atoms with E-state index in [9.17, 15) is 9.59 Å². The van der Waals surface area contributed by atoms with Gasteiger partial charge in [-0.25, -0.2) is 0 Å². The van der Waals surface area contributed by atoms with Gasteiger partial charge in [-0.2, -0.15) is 0 Å². The van der Waals surface area contributed by atoms with Crippen LogP contribution >= 0.6 is 0 Å². The third kappa shape index (κ3) is 4.99. The number of hydrogen-bond donors (Lipinski definition) is 1. The summed E-state index contributed by atoms with van der Waals surface area (Å²) in [6.45, 7) is 3.46. The lowest BCUT2D eigenvalue weighted by Gasteiger charge is -2.30. The van der Waals surface area contributed by atoms with Crippen LogP contribution in [-0.2, 0) is 6.42 Å². The highest BCUT2D eigenvalue weighted by atomic mass is 16.5. The molecule has 1 aliphatic heterocycles. The first-order chi connectivity index (χ1) is 15.7. The second kappa shape index (κ2) is 10.1. The van der Waals surface area contributed by atoms with Gasteiger partial charge in [-0.1, -0.05) is 37.6 Å². The average molecular weight is 429 g/mol. The molecule has 5 nitrogen and oxygen atoms in total. The van der Waals surface area contributed by atoms with Gasteiger partial charge >= 0.3 is 0 Å². The normalized spacial score (nSPS) is 12.7. The molecule has 0 aliphatic carbocycles. The number of unbranched alkanes of at least 4 members (excludes halogenated alkanes) is 1. The van der Waals surface area contributed by atoms with Crippen molar-refractivity contribution in [3.05, 3.63) is 89.5 Å². The van der Waals surface area contributed by atoms with Gasteiger partial charge in [0.15, 0.2) is 0 Å². The second-order valence-electron chi connectivity index (χ2n) is 7.95. The van der Waals surface area contributed by atoms with Crippen LogP contribution in [0.15, 0.2) is 72.8 Å². The summed E-state index contributed by atoms with van der Waals surface area (Å²) >= 11 is 0. The number of hydrogen-bond acceptors (Lipinski definition) is 3. The molecule has 0 unspecified atom stereocenters. The van der Waals surface area contributed by atoms with Crippen molar-refractivity contribution in [3.63, 3.8) is 0 Å². The van der Waals surface area contributed by atoms with Crippen molar-refractivity contribution >= 4 is 23.2 Å². The van der Waals surface area contributed by atoms with Crippen molar-refractivity contribution in [2.45, 2.75) is 32.6 Å². The third-order valence-electron chi connectivity index (χ3n) is 5.61. The highest BCUT2D eigenvalue weighted by molar-refractivity contribution is 6.08. The van der Waals surface area contributed by atoms with Crippen LogP contribution < -0.4 is 15.0 Å². The number of rotatable bonds is 7. The number of carbonyl (C=O) groups excluding carboxylic acids is 2. The summed E-state index contributed by atoms with van der Waals surface area (Å²) < 4.78 is 5.66. The van der Waals surface area contributed by atoms with Crippen LogP contribution in [0.3, 0.4) is 0 Å². The van der Waals surface area contributed by atoms with E-state index in [1.165, 1.54) is 0 Å². The minimum absolute atomic E-state index is 0.0197. The maximum Gasteiger partial charge on any atom is 0.258 e. The number of nitrogens with one attached hydrogen (secondary N) is 1. The number of amides is 2. The highest BCUT2D eigenvalue weighted by Crippen LogP contribution is 2.31. The van der Waals surface area contributed by atoms with Gasteiger partial charge in [0.05, 0.1) is 6.61 Å². The molecule has 1 aliphatic rings. The molecule has 0 fully saturated rings. The second-order valence-corrected chi connectivity index (χ2v) is 7.95. The Morgan fingerprint density at radius 3 is 2.50 bits per heavy atom. The van der Waals surface area contributed by atoms with Crippen LogP contribution in [0.4, 0.5) is 11.4 Å². The first-order valence-corrected chi connectivity index (χ1v) is 11.2. The Morgan fingerprint density at radius 2 is 1.75 bits per heavy atom. The van der Waals surface area contributed by atoms with E-state index in [2.05, 4.69) is 12.2 Å². The van der Waals surface area contributed by atoms with E-state index in [-0.39, 0.29) is 11.8 Å². The van der Waals surface area contributed by atoms with E-state index >= 15 is 0 Å². The highest BCUT2D eigenvalue weighted by Gasteiger charge is 2.24. The molecule has 0 spiro atoms. The van der Waals surface area contributed by atoms with Crippen molar-refractivity contribution in [2.24, 2.45) is 0 Å². The van der Waals surface area contributed by atoms with Gasteiger partial charge in [0.2, 0.25) is 0 Å². The molecule has 32 heavy (non-hydrogen) atoms. The molecule has 3 aromatic rings. The van der Waals surface area contributed by atoms with Crippen LogP contribution in [0.1, 0.15) is 52.5 Å². The van der Waals surface area contributed by atoms with Crippen LogP contribution in [-0.4, -0.2) is 25.0 Å². The number of ether oxygens (including phenoxy) is 1. The summed E-state index contributed by atoms with van der Waals surface area (Å²) in [4.78, 5) is 27.6. The number of aryl methyl sites for hydroxylation is 1. The summed E-state index contributed by atoms with van der Waals surface area (Å²) in [5.74, 6) is 0.550. The summed E-state index contributed by atoms with van der Waals surface area (Å²) in [5, 5.41) is 2.96. The number of benzene rings is 3. The van der Waals surface area contributed by atoms with Gasteiger partial charge in [-0.3, -0.25) is 9.59 Å². The van der Waals surface area contributed by atoms with Crippen LogP contribution in [0, 0.1) is 0 Å². The summed E-state index contributed by atoms with van der Waals surface area (Å²) in [6.07, 6.45) is 3.92. The maximum absolute atomic E-state index is 13.1. The molecule has 1 heterocycles. The van der Waals surface area contributed by atoms with E-state index < -0.39 is 0 Å². The lowest BCUT2D eigenvalue weighted by molar-refractivity contribution is 0.0984. The molecule has 164 valence electrons. The Bertz CT molecular complexity index is 1080. The quantitative estimate of drug-likeness (QED) is 0.490. The molecular formula is C27H28N2O3. The Kier molecular flexibility index (Phi) is 6.85. The van der Waals surface area contributed by atoms with Gasteiger partial charge in [-0.15, -0.1) is 0 Å². The predicted octanol–water partition coefficient (Wildman–Crippen LogP) is 5.71. The Labute approximate surface area is 189 Å². The number of fused-ring (bicyclic) bond motifs is 1. The molecule has 0 saturated carbocycles. The molecule has 0 saturated heterocycles. The summed E-state index contributed by atoms with van der Waals surface area (Å²) in [7, 11) is 0. The monoisotopic (exact) mass is 428 g/mol. The lowest BCUT2D eigenvalue weighted by Crippen LogP contribution is -2.35. The summed E-state index contributed by atoms with van der Waals surface area (Å²) in [6, 6.07) is 22.3. The van der Waals surface area contributed by atoms with E-state index in [1.807, 2.05) is 65.6 Å². The zero-order valence-electron chi connectivity index (χ0n) is 18.3. The maximum atomic E-state index is 13.1. The number of carbonyl (C=O) groups is 2. The molecule has 0 aromatic heterocycles. The predicted molar refractivity (Wildman–Crippen MR) is 128 cm³/mol. The SMILES string of the molecule is CCCCOc1ccc(C(=O)Nc2ccc3c(c2)N(C(=O)c2ccccc2)CCC3)cc1. The van der Waals surface area contributed by atoms with Crippen molar-refractivity contribution in [2.75, 3.05) is 23.4 Å². The van der Waals surface area contributed by atoms with Crippen LogP contribution in [0.5, 0.6) is 5.75 Å². The third-order valence-corrected chi connectivity index (χ3v) is 5.61. The topological polar surface area (TPSA) is 58.6 Å². The fourth-order valence-corrected chi connectivity index (χ4v) is 3.84. The molecule has 5 heteroatoms. The Morgan fingerprint density at radius 1 is 0.969 bits per heavy atom. The number of anilines is 2. The van der Waals surface area contributed by atoms with Crippen molar-refractivity contribution in [1.82, 2.24) is 0 Å². The Hall–Kier alpha value is -3.60. The minimum atomic E-state index is -0.193. The fourth-order valence-electron chi connectivity index (χ4n) is 3.84. The van der Waals surface area contributed by atoms with Gasteiger partial charge < -0.3 is 15.0 Å². The van der Waals surface area contributed by atoms with Gasteiger partial charge in [0.1, 0.15) is 5.75 Å². The molecule has 4 rings (SSSR count). The smallest absolute Gasteiger partial charge is 0.258 e. The first-order valence-electron chi connectivity index (χ1n) is 11.2. The first kappa shape index (κ1) is 21.6. The zero-order chi connectivity index (χ0) is 22.3. The summed E-state index contributed by atoms with van der Waals surface area (Å²) in [5.41, 5.74) is 3.87. The van der Waals surface area contributed by atoms with Gasteiger partial charge in [-0.05, 0) is 73.4 Å². The zero-order valence-corrected chi connectivity index (χ0v) is 18.3. The molecule has 2 amide bonds. The average Bonchev–Trinajstić information content (AvgIpc) is 2.84. The number of nitrogens with zero attached hydrogens (tertiary/aromatic N) is 1. The van der Waals surface area contributed by atoms with Gasteiger partial charge in [0, 0.05) is 29.0 Å². The Balaban J connectivity index is 1.48. The molecule has 3 aromatic carbocycles. The lowest BCUT2D eigenvalue weighted by atomic mass is 10.00. The largest absolute Gasteiger partial charge is 0.494 e. The fraction of sp³-hybridized carbons (Fsp3) is 0.259. The molecule has 1 N–H and O–H groups in total.